The maximum absolute atomic E-state index is 12.5. The molecule has 138 valence electrons. The summed E-state index contributed by atoms with van der Waals surface area (Å²) in [5, 5.41) is 21.6. The van der Waals surface area contributed by atoms with E-state index in [-0.39, 0.29) is 17.4 Å². The molecule has 1 aromatic heterocycles. The Labute approximate surface area is 152 Å². The number of carbonyl (C=O) groups is 1. The molecule has 2 aliphatic rings. The maximum atomic E-state index is 12.5. The zero-order chi connectivity index (χ0) is 18.0. The van der Waals surface area contributed by atoms with E-state index in [2.05, 4.69) is 26.8 Å². The molecule has 1 fully saturated rings. The van der Waals surface area contributed by atoms with Gasteiger partial charge in [-0.1, -0.05) is 24.3 Å². The van der Waals surface area contributed by atoms with Crippen molar-refractivity contribution >= 4 is 5.91 Å². The quantitative estimate of drug-likeness (QED) is 0.742. The molecule has 26 heavy (non-hydrogen) atoms. The van der Waals surface area contributed by atoms with Gasteiger partial charge < -0.3 is 15.7 Å². The highest BCUT2D eigenvalue weighted by Gasteiger charge is 2.51. The smallest absolute Gasteiger partial charge is 0.220 e. The van der Waals surface area contributed by atoms with E-state index in [4.69, 9.17) is 0 Å². The van der Waals surface area contributed by atoms with Gasteiger partial charge in [-0.05, 0) is 43.5 Å². The minimum absolute atomic E-state index is 0.0325. The zero-order valence-corrected chi connectivity index (χ0v) is 14.8. The predicted octanol–water partition coefficient (Wildman–Crippen LogP) is 0.911. The van der Waals surface area contributed by atoms with E-state index in [1.165, 1.54) is 11.9 Å². The molecule has 1 aromatic carbocycles. The van der Waals surface area contributed by atoms with Crippen molar-refractivity contribution in [3.05, 3.63) is 48.0 Å². The van der Waals surface area contributed by atoms with Crippen LogP contribution in [0.25, 0.3) is 0 Å². The normalized spacial score (nSPS) is 23.7. The number of hydrogen-bond donors (Lipinski definition) is 3. The van der Waals surface area contributed by atoms with Crippen LogP contribution in [0.5, 0.6) is 0 Å². The predicted molar refractivity (Wildman–Crippen MR) is 96.4 cm³/mol. The molecule has 3 N–H and O–H groups in total. The van der Waals surface area contributed by atoms with Gasteiger partial charge in [0.15, 0.2) is 0 Å². The third-order valence-electron chi connectivity index (χ3n) is 5.78. The highest BCUT2D eigenvalue weighted by atomic mass is 16.3. The summed E-state index contributed by atoms with van der Waals surface area (Å²) in [4.78, 5) is 16.4. The highest BCUT2D eigenvalue weighted by Crippen LogP contribution is 2.49. The number of nitrogens with zero attached hydrogens (tertiary/aromatic N) is 3. The summed E-state index contributed by atoms with van der Waals surface area (Å²) in [6.45, 7) is 2.45. The van der Waals surface area contributed by atoms with Crippen LogP contribution in [-0.4, -0.2) is 45.0 Å². The van der Waals surface area contributed by atoms with Gasteiger partial charge in [0.1, 0.15) is 12.7 Å². The standard InChI is InChI=1S/C19H25N5O2/c25-16(6-3-11-24-13-21-12-22-24)23-17-14-4-1-2-5-15(14)19(18(17)26)7-9-20-10-8-19/h1-2,4-5,12-13,17-18,20,26H,3,6-11H2,(H,23,25)/t17-,18+/m1/s1. The Morgan fingerprint density at radius 3 is 2.92 bits per heavy atom. The lowest BCUT2D eigenvalue weighted by atomic mass is 9.72. The summed E-state index contributed by atoms with van der Waals surface area (Å²) in [5.41, 5.74) is 2.01. The number of rotatable bonds is 5. The third kappa shape index (κ3) is 3.01. The first-order valence-electron chi connectivity index (χ1n) is 9.31. The number of piperidine rings is 1. The number of aliphatic hydroxyl groups is 1. The Morgan fingerprint density at radius 2 is 2.15 bits per heavy atom. The molecule has 2 aromatic rings. The Balaban J connectivity index is 1.45. The Bertz CT molecular complexity index is 755. The molecule has 7 nitrogen and oxygen atoms in total. The lowest BCUT2D eigenvalue weighted by molar-refractivity contribution is -0.123. The van der Waals surface area contributed by atoms with Crippen LogP contribution < -0.4 is 10.6 Å². The van der Waals surface area contributed by atoms with E-state index in [9.17, 15) is 9.90 Å². The lowest BCUT2D eigenvalue weighted by Crippen LogP contribution is -2.48. The largest absolute Gasteiger partial charge is 0.390 e. The fourth-order valence-corrected chi connectivity index (χ4v) is 4.46. The Kier molecular flexibility index (Phi) is 4.74. The zero-order valence-electron chi connectivity index (χ0n) is 14.8. The molecule has 0 unspecified atom stereocenters. The van der Waals surface area contributed by atoms with Gasteiger partial charge in [0.05, 0.1) is 12.1 Å². The Morgan fingerprint density at radius 1 is 1.35 bits per heavy atom. The van der Waals surface area contributed by atoms with E-state index < -0.39 is 6.10 Å². The van der Waals surface area contributed by atoms with Crippen LogP contribution in [0.4, 0.5) is 0 Å². The lowest BCUT2D eigenvalue weighted by Gasteiger charge is -2.38. The first-order valence-corrected chi connectivity index (χ1v) is 9.31. The molecule has 2 heterocycles. The van der Waals surface area contributed by atoms with Gasteiger partial charge in [0, 0.05) is 18.4 Å². The second kappa shape index (κ2) is 7.17. The number of hydrogen-bond acceptors (Lipinski definition) is 5. The van der Waals surface area contributed by atoms with Gasteiger partial charge >= 0.3 is 0 Å². The van der Waals surface area contributed by atoms with E-state index in [0.717, 1.165) is 31.5 Å². The molecule has 0 saturated carbocycles. The maximum Gasteiger partial charge on any atom is 0.220 e. The van der Waals surface area contributed by atoms with Crippen molar-refractivity contribution in [2.75, 3.05) is 13.1 Å². The SMILES string of the molecule is O=C(CCCn1cncn1)N[C@@H]1c2ccccc2C2(CCNCC2)[C@H]1O. The van der Waals surface area contributed by atoms with Crippen LogP contribution >= 0.6 is 0 Å². The molecule has 0 radical (unpaired) electrons. The number of carbonyl (C=O) groups excluding carboxylic acids is 1. The molecular weight excluding hydrogens is 330 g/mol. The third-order valence-corrected chi connectivity index (χ3v) is 5.78. The van der Waals surface area contributed by atoms with Crippen molar-refractivity contribution in [3.63, 3.8) is 0 Å². The summed E-state index contributed by atoms with van der Waals surface area (Å²) in [7, 11) is 0. The summed E-state index contributed by atoms with van der Waals surface area (Å²) < 4.78 is 1.72. The van der Waals surface area contributed by atoms with Gasteiger partial charge in [0.2, 0.25) is 5.91 Å². The van der Waals surface area contributed by atoms with Gasteiger partial charge in [-0.2, -0.15) is 5.10 Å². The van der Waals surface area contributed by atoms with Crippen LogP contribution in [0.3, 0.4) is 0 Å². The van der Waals surface area contributed by atoms with E-state index >= 15 is 0 Å². The molecule has 4 rings (SSSR count). The summed E-state index contributed by atoms with van der Waals surface area (Å²) >= 11 is 0. The summed E-state index contributed by atoms with van der Waals surface area (Å²) in [5.74, 6) is -0.0325. The van der Waals surface area contributed by atoms with Gasteiger partial charge in [0.25, 0.3) is 0 Å². The first kappa shape index (κ1) is 17.2. The van der Waals surface area contributed by atoms with E-state index in [1.54, 1.807) is 11.0 Å². The average molecular weight is 355 g/mol. The van der Waals surface area contributed by atoms with Crippen molar-refractivity contribution in [1.82, 2.24) is 25.4 Å². The molecule has 0 bridgehead atoms. The van der Waals surface area contributed by atoms with Crippen LogP contribution in [0.2, 0.25) is 0 Å². The number of benzene rings is 1. The summed E-state index contributed by atoms with van der Waals surface area (Å²) in [6, 6.07) is 7.83. The number of aliphatic hydroxyl groups excluding tert-OH is 1. The van der Waals surface area contributed by atoms with E-state index in [1.807, 2.05) is 18.2 Å². The number of fused-ring (bicyclic) bond motifs is 2. The van der Waals surface area contributed by atoms with Crippen molar-refractivity contribution in [3.8, 4) is 0 Å². The first-order chi connectivity index (χ1) is 12.7. The molecular formula is C19H25N5O2. The fourth-order valence-electron chi connectivity index (χ4n) is 4.46. The van der Waals surface area contributed by atoms with E-state index in [0.29, 0.717) is 19.4 Å². The number of aryl methyl sites for hydroxylation is 1. The minimum Gasteiger partial charge on any atom is -0.390 e. The number of nitrogens with one attached hydrogen (secondary N) is 2. The molecule has 1 amide bonds. The molecule has 1 spiro atoms. The monoisotopic (exact) mass is 355 g/mol. The van der Waals surface area contributed by atoms with Crippen molar-refractivity contribution < 1.29 is 9.90 Å². The topological polar surface area (TPSA) is 92.1 Å². The molecule has 1 saturated heterocycles. The Hall–Kier alpha value is -2.25. The minimum atomic E-state index is -0.582. The van der Waals surface area contributed by atoms with Crippen molar-refractivity contribution in [2.45, 2.75) is 49.8 Å². The van der Waals surface area contributed by atoms with Crippen molar-refractivity contribution in [2.24, 2.45) is 0 Å². The van der Waals surface area contributed by atoms with Crippen LogP contribution in [-0.2, 0) is 16.8 Å². The second-order valence-corrected chi connectivity index (χ2v) is 7.25. The summed E-state index contributed by atoms with van der Waals surface area (Å²) in [6.07, 6.45) is 5.43. The van der Waals surface area contributed by atoms with Crippen LogP contribution in [0.1, 0.15) is 42.9 Å². The van der Waals surface area contributed by atoms with Crippen LogP contribution in [0.15, 0.2) is 36.9 Å². The van der Waals surface area contributed by atoms with Gasteiger partial charge in [-0.25, -0.2) is 4.98 Å². The molecule has 1 aliphatic heterocycles. The molecule has 7 heteroatoms. The fraction of sp³-hybridized carbons (Fsp3) is 0.526. The second-order valence-electron chi connectivity index (χ2n) is 7.25. The number of aromatic nitrogens is 3. The van der Waals surface area contributed by atoms with Gasteiger partial charge in [-0.15, -0.1) is 0 Å². The van der Waals surface area contributed by atoms with Gasteiger partial charge in [-0.3, -0.25) is 9.48 Å². The molecule has 1 aliphatic carbocycles. The van der Waals surface area contributed by atoms with Crippen molar-refractivity contribution in [1.29, 1.82) is 0 Å². The molecule has 2 atom stereocenters. The van der Waals surface area contributed by atoms with Crippen LogP contribution in [0, 0.1) is 0 Å². The average Bonchev–Trinajstić information content (AvgIpc) is 3.26. The number of amides is 1. The highest BCUT2D eigenvalue weighted by molar-refractivity contribution is 5.77.